The van der Waals surface area contributed by atoms with E-state index in [2.05, 4.69) is 6.92 Å². The van der Waals surface area contributed by atoms with Gasteiger partial charge in [-0.15, -0.1) is 0 Å². The molecule has 35 heavy (non-hydrogen) atoms. The second-order valence-corrected chi connectivity index (χ2v) is 10.4. The number of rotatable bonds is 12. The molecule has 6 nitrogen and oxygen atoms in total. The Labute approximate surface area is 210 Å². The molecule has 6 heteroatoms. The van der Waals surface area contributed by atoms with Gasteiger partial charge in [-0.2, -0.15) is 0 Å². The fourth-order valence-corrected chi connectivity index (χ4v) is 5.59. The third kappa shape index (κ3) is 7.02. The number of benzene rings is 1. The Kier molecular flexibility index (Phi) is 10.1. The summed E-state index contributed by atoms with van der Waals surface area (Å²) in [5.74, 6) is 0.316. The second-order valence-electron chi connectivity index (χ2n) is 10.4. The van der Waals surface area contributed by atoms with E-state index >= 15 is 0 Å². The van der Waals surface area contributed by atoms with Crippen LogP contribution >= 0.6 is 0 Å². The Bertz CT molecular complexity index is 894. The molecule has 192 valence electrons. The normalized spacial score (nSPS) is 22.0. The van der Waals surface area contributed by atoms with Crippen LogP contribution in [0.4, 0.5) is 0 Å². The topological polar surface area (TPSA) is 74.8 Å². The fraction of sp³-hybridized carbons (Fsp3) is 0.655. The van der Waals surface area contributed by atoms with Gasteiger partial charge in [0.05, 0.1) is 0 Å². The minimum atomic E-state index is -0.0905. The van der Waals surface area contributed by atoms with Crippen molar-refractivity contribution in [2.45, 2.75) is 78.6 Å². The second kappa shape index (κ2) is 13.0. The maximum atomic E-state index is 13.2. The zero-order chi connectivity index (χ0) is 25.4. The van der Waals surface area contributed by atoms with Crippen molar-refractivity contribution in [3.63, 3.8) is 0 Å². The number of ketones is 2. The van der Waals surface area contributed by atoms with Crippen molar-refractivity contribution in [3.8, 4) is 0 Å². The fourth-order valence-electron chi connectivity index (χ4n) is 5.59. The van der Waals surface area contributed by atoms with E-state index in [1.54, 1.807) is 36.1 Å². The minimum Gasteiger partial charge on any atom is -0.338 e. The van der Waals surface area contributed by atoms with Crippen molar-refractivity contribution in [3.05, 3.63) is 35.4 Å². The summed E-state index contributed by atoms with van der Waals surface area (Å²) < 4.78 is 0. The van der Waals surface area contributed by atoms with Crippen LogP contribution in [0.15, 0.2) is 24.3 Å². The van der Waals surface area contributed by atoms with E-state index in [0.717, 1.165) is 19.3 Å². The van der Waals surface area contributed by atoms with E-state index in [0.29, 0.717) is 43.7 Å². The first kappa shape index (κ1) is 27.1. The van der Waals surface area contributed by atoms with Gasteiger partial charge in [0.2, 0.25) is 0 Å². The number of unbranched alkanes of at least 4 members (excludes halogenated alkanes) is 5. The van der Waals surface area contributed by atoms with E-state index in [1.807, 2.05) is 11.8 Å². The number of hydrogen-bond acceptors (Lipinski definition) is 4. The Hall–Kier alpha value is -2.50. The van der Waals surface area contributed by atoms with Gasteiger partial charge in [-0.3, -0.25) is 19.2 Å². The van der Waals surface area contributed by atoms with Crippen molar-refractivity contribution >= 4 is 23.4 Å². The van der Waals surface area contributed by atoms with Gasteiger partial charge >= 0.3 is 0 Å². The summed E-state index contributed by atoms with van der Waals surface area (Å²) >= 11 is 0. The molecular weight excluding hydrogens is 440 g/mol. The number of carbonyl (C=O) groups excluding carboxylic acids is 4. The lowest BCUT2D eigenvalue weighted by atomic mass is 9.88. The highest BCUT2D eigenvalue weighted by Gasteiger charge is 2.37. The Morgan fingerprint density at radius 1 is 0.800 bits per heavy atom. The molecule has 1 aromatic rings. The monoisotopic (exact) mass is 482 g/mol. The molecule has 0 spiro atoms. The number of Topliss-reactive ketones (excluding diaryl/α,β-unsaturated/α-hetero) is 2. The minimum absolute atomic E-state index is 0.0570. The van der Waals surface area contributed by atoms with Crippen molar-refractivity contribution in [2.24, 2.45) is 17.8 Å². The van der Waals surface area contributed by atoms with Gasteiger partial charge in [0.15, 0.2) is 0 Å². The zero-order valence-electron chi connectivity index (χ0n) is 21.8. The lowest BCUT2D eigenvalue weighted by Crippen LogP contribution is -2.31. The van der Waals surface area contributed by atoms with E-state index in [-0.39, 0.29) is 41.1 Å². The first-order chi connectivity index (χ1) is 16.8. The summed E-state index contributed by atoms with van der Waals surface area (Å²) in [5.41, 5.74) is 1.08. The van der Waals surface area contributed by atoms with Crippen LogP contribution in [0.3, 0.4) is 0 Å². The molecule has 0 saturated carbocycles. The SMILES string of the molecule is CCCCCCCCC1CN(C(=O)c2ccc(C(=O)N3CCC(C(=O)CC)C3)cc2)CC1C(C)=O. The molecule has 0 aromatic heterocycles. The molecule has 3 atom stereocenters. The molecule has 1 aromatic carbocycles. The Morgan fingerprint density at radius 2 is 1.40 bits per heavy atom. The van der Waals surface area contributed by atoms with Crippen LogP contribution in [0.25, 0.3) is 0 Å². The molecule has 0 radical (unpaired) electrons. The number of hydrogen-bond donors (Lipinski definition) is 0. The van der Waals surface area contributed by atoms with Crippen LogP contribution in [-0.4, -0.2) is 59.4 Å². The molecule has 3 unspecified atom stereocenters. The van der Waals surface area contributed by atoms with Gasteiger partial charge < -0.3 is 9.80 Å². The van der Waals surface area contributed by atoms with Crippen LogP contribution in [0, 0.1) is 17.8 Å². The van der Waals surface area contributed by atoms with Crippen LogP contribution in [0.1, 0.15) is 99.3 Å². The zero-order valence-corrected chi connectivity index (χ0v) is 21.8. The average Bonchev–Trinajstić information content (AvgIpc) is 3.53. The van der Waals surface area contributed by atoms with Crippen LogP contribution < -0.4 is 0 Å². The number of carbonyl (C=O) groups is 4. The molecule has 3 rings (SSSR count). The smallest absolute Gasteiger partial charge is 0.253 e. The van der Waals surface area contributed by atoms with E-state index in [4.69, 9.17) is 0 Å². The number of amides is 2. The first-order valence-corrected chi connectivity index (χ1v) is 13.6. The average molecular weight is 483 g/mol. The maximum absolute atomic E-state index is 13.2. The third-order valence-corrected chi connectivity index (χ3v) is 7.84. The molecule has 0 aliphatic carbocycles. The largest absolute Gasteiger partial charge is 0.338 e. The van der Waals surface area contributed by atoms with Crippen molar-refractivity contribution < 1.29 is 19.2 Å². The van der Waals surface area contributed by atoms with E-state index in [9.17, 15) is 19.2 Å². The van der Waals surface area contributed by atoms with Crippen LogP contribution in [0.5, 0.6) is 0 Å². The Balaban J connectivity index is 1.55. The molecule has 2 heterocycles. The molecular formula is C29H42N2O4. The molecule has 2 amide bonds. The molecule has 2 fully saturated rings. The molecule has 2 aliphatic heterocycles. The lowest BCUT2D eigenvalue weighted by molar-refractivity contribution is -0.122. The first-order valence-electron chi connectivity index (χ1n) is 13.6. The van der Waals surface area contributed by atoms with Crippen LogP contribution in [-0.2, 0) is 9.59 Å². The van der Waals surface area contributed by atoms with E-state index < -0.39 is 0 Å². The van der Waals surface area contributed by atoms with Crippen molar-refractivity contribution in [1.29, 1.82) is 0 Å². The van der Waals surface area contributed by atoms with Crippen LogP contribution in [0.2, 0.25) is 0 Å². The highest BCUT2D eigenvalue weighted by atomic mass is 16.2. The van der Waals surface area contributed by atoms with Crippen molar-refractivity contribution in [2.75, 3.05) is 26.2 Å². The standard InChI is InChI=1S/C29H42N2O4/c1-4-6-7-8-9-10-11-24-18-31(20-26(24)21(3)32)29(35)23-14-12-22(13-15-23)28(34)30-17-16-25(19-30)27(33)5-2/h12-15,24-26H,4-11,16-20H2,1-3H3. The summed E-state index contributed by atoms with van der Waals surface area (Å²) in [5, 5.41) is 0. The van der Waals surface area contributed by atoms with Gasteiger partial charge in [-0.1, -0.05) is 52.4 Å². The predicted molar refractivity (Wildman–Crippen MR) is 137 cm³/mol. The Morgan fingerprint density at radius 3 is 2.00 bits per heavy atom. The molecule has 2 aliphatic rings. The van der Waals surface area contributed by atoms with Gasteiger partial charge in [0, 0.05) is 55.6 Å². The third-order valence-electron chi connectivity index (χ3n) is 7.84. The van der Waals surface area contributed by atoms with Gasteiger partial charge in [-0.25, -0.2) is 0 Å². The predicted octanol–water partition coefficient (Wildman–Crippen LogP) is 5.16. The number of likely N-dealkylation sites (tertiary alicyclic amines) is 2. The maximum Gasteiger partial charge on any atom is 0.253 e. The van der Waals surface area contributed by atoms with Gasteiger partial charge in [-0.05, 0) is 49.9 Å². The molecule has 0 bridgehead atoms. The summed E-state index contributed by atoms with van der Waals surface area (Å²) in [6.07, 6.45) is 9.55. The highest BCUT2D eigenvalue weighted by molar-refractivity contribution is 5.98. The molecule has 0 N–H and O–H groups in total. The van der Waals surface area contributed by atoms with Crippen molar-refractivity contribution in [1.82, 2.24) is 9.80 Å². The van der Waals surface area contributed by atoms with Gasteiger partial charge in [0.25, 0.3) is 11.8 Å². The summed E-state index contributed by atoms with van der Waals surface area (Å²) in [6.45, 7) is 7.90. The summed E-state index contributed by atoms with van der Waals surface area (Å²) in [4.78, 5) is 53.8. The highest BCUT2D eigenvalue weighted by Crippen LogP contribution is 2.30. The van der Waals surface area contributed by atoms with E-state index in [1.165, 1.54) is 32.1 Å². The van der Waals surface area contributed by atoms with Gasteiger partial charge in [0.1, 0.15) is 11.6 Å². The lowest BCUT2D eigenvalue weighted by Gasteiger charge is -2.18. The summed E-state index contributed by atoms with van der Waals surface area (Å²) in [6, 6.07) is 6.84. The summed E-state index contributed by atoms with van der Waals surface area (Å²) in [7, 11) is 0. The number of nitrogens with zero attached hydrogens (tertiary/aromatic N) is 2. The quantitative estimate of drug-likeness (QED) is 0.386. The molecule has 2 saturated heterocycles.